The highest BCUT2D eigenvalue weighted by atomic mass is 16.5. The Kier molecular flexibility index (Phi) is 6.06. The molecule has 3 aromatic rings. The smallest absolute Gasteiger partial charge is 0.270 e. The Hall–Kier alpha value is -3.61. The van der Waals surface area contributed by atoms with Crippen molar-refractivity contribution >= 4 is 17.5 Å². The molecule has 0 fully saturated rings. The number of hydrogen-bond acceptors (Lipinski definition) is 6. The molecule has 1 amide bonds. The van der Waals surface area contributed by atoms with E-state index in [0.29, 0.717) is 35.4 Å². The number of benzene rings is 2. The van der Waals surface area contributed by atoms with E-state index in [0.717, 1.165) is 5.56 Å². The normalized spacial score (nSPS) is 10.2. The minimum absolute atomic E-state index is 0.269. The second-order valence-electron chi connectivity index (χ2n) is 6.08. The van der Waals surface area contributed by atoms with Crippen LogP contribution in [0.5, 0.6) is 11.5 Å². The van der Waals surface area contributed by atoms with Crippen molar-refractivity contribution in [3.05, 3.63) is 71.5 Å². The van der Waals surface area contributed by atoms with Crippen LogP contribution >= 0.6 is 0 Å². The lowest BCUT2D eigenvalue weighted by molar-refractivity contribution is 0.0945. The van der Waals surface area contributed by atoms with Gasteiger partial charge in [-0.2, -0.15) is 0 Å². The third-order valence-electron chi connectivity index (χ3n) is 4.04. The first kappa shape index (κ1) is 19.2. The van der Waals surface area contributed by atoms with E-state index in [1.54, 1.807) is 38.5 Å². The summed E-state index contributed by atoms with van der Waals surface area (Å²) >= 11 is 0. The predicted molar refractivity (Wildman–Crippen MR) is 107 cm³/mol. The van der Waals surface area contributed by atoms with Crippen molar-refractivity contribution in [3.63, 3.8) is 0 Å². The van der Waals surface area contributed by atoms with Crippen LogP contribution in [0.1, 0.15) is 21.7 Å². The maximum atomic E-state index is 12.5. The van der Waals surface area contributed by atoms with Gasteiger partial charge in [-0.25, -0.2) is 9.97 Å². The van der Waals surface area contributed by atoms with Gasteiger partial charge in [-0.05, 0) is 30.7 Å². The van der Waals surface area contributed by atoms with Gasteiger partial charge in [0.2, 0.25) is 5.95 Å². The predicted octanol–water partition coefficient (Wildman–Crippen LogP) is 3.48. The second kappa shape index (κ2) is 8.85. The quantitative estimate of drug-likeness (QED) is 0.655. The number of aromatic nitrogens is 2. The average molecular weight is 378 g/mol. The minimum Gasteiger partial charge on any atom is -0.497 e. The molecule has 144 valence electrons. The van der Waals surface area contributed by atoms with Crippen molar-refractivity contribution in [3.8, 4) is 11.5 Å². The van der Waals surface area contributed by atoms with E-state index < -0.39 is 0 Å². The zero-order chi connectivity index (χ0) is 19.9. The Balaban J connectivity index is 1.79. The van der Waals surface area contributed by atoms with E-state index in [4.69, 9.17) is 9.47 Å². The van der Waals surface area contributed by atoms with Gasteiger partial charge in [0.05, 0.1) is 19.9 Å². The van der Waals surface area contributed by atoms with Crippen LogP contribution in [0.2, 0.25) is 0 Å². The molecule has 2 aromatic carbocycles. The molecule has 0 spiro atoms. The highest BCUT2D eigenvalue weighted by Crippen LogP contribution is 2.30. The van der Waals surface area contributed by atoms with Gasteiger partial charge in [0.25, 0.3) is 5.91 Å². The van der Waals surface area contributed by atoms with Gasteiger partial charge in [0.15, 0.2) is 0 Å². The average Bonchev–Trinajstić information content (AvgIpc) is 2.72. The summed E-state index contributed by atoms with van der Waals surface area (Å²) in [6, 6.07) is 16.7. The zero-order valence-corrected chi connectivity index (χ0v) is 16.0. The van der Waals surface area contributed by atoms with Gasteiger partial charge >= 0.3 is 0 Å². The number of carbonyl (C=O) groups excluding carboxylic acids is 1. The SMILES string of the molecule is COc1ccc(OC)c(Nc2nc(C)cc(C(=O)NCc3ccccc3)n2)c1. The van der Waals surface area contributed by atoms with Gasteiger partial charge in [-0.1, -0.05) is 30.3 Å². The van der Waals surface area contributed by atoms with E-state index in [9.17, 15) is 4.79 Å². The molecule has 3 rings (SSSR count). The number of hydrogen-bond donors (Lipinski definition) is 2. The first-order valence-electron chi connectivity index (χ1n) is 8.76. The summed E-state index contributed by atoms with van der Waals surface area (Å²) in [6.07, 6.45) is 0. The molecule has 1 heterocycles. The Morgan fingerprint density at radius 3 is 2.50 bits per heavy atom. The lowest BCUT2D eigenvalue weighted by Crippen LogP contribution is -2.24. The molecule has 0 aliphatic rings. The van der Waals surface area contributed by atoms with Crippen molar-refractivity contribution in [2.75, 3.05) is 19.5 Å². The lowest BCUT2D eigenvalue weighted by atomic mass is 10.2. The highest BCUT2D eigenvalue weighted by Gasteiger charge is 2.12. The Morgan fingerprint density at radius 1 is 1.00 bits per heavy atom. The number of nitrogens with zero attached hydrogens (tertiary/aromatic N) is 2. The maximum absolute atomic E-state index is 12.5. The van der Waals surface area contributed by atoms with Gasteiger partial charge < -0.3 is 20.1 Å². The Bertz CT molecular complexity index is 961. The topological polar surface area (TPSA) is 85.4 Å². The summed E-state index contributed by atoms with van der Waals surface area (Å²) in [5.41, 5.74) is 2.61. The fraction of sp³-hybridized carbons (Fsp3) is 0.190. The number of ether oxygens (including phenoxy) is 2. The number of methoxy groups -OCH3 is 2. The van der Waals surface area contributed by atoms with Crippen LogP contribution in [0, 0.1) is 6.92 Å². The molecule has 0 bridgehead atoms. The number of aryl methyl sites for hydroxylation is 1. The van der Waals surface area contributed by atoms with Crippen LogP contribution in [0.4, 0.5) is 11.6 Å². The van der Waals surface area contributed by atoms with Gasteiger partial charge in [-0.3, -0.25) is 4.79 Å². The molecule has 0 saturated heterocycles. The van der Waals surface area contributed by atoms with Gasteiger partial charge in [0.1, 0.15) is 17.2 Å². The molecule has 0 radical (unpaired) electrons. The first-order valence-corrected chi connectivity index (χ1v) is 8.76. The monoisotopic (exact) mass is 378 g/mol. The first-order chi connectivity index (χ1) is 13.6. The molecule has 0 saturated carbocycles. The van der Waals surface area contributed by atoms with E-state index in [1.807, 2.05) is 37.3 Å². The van der Waals surface area contributed by atoms with Gasteiger partial charge in [-0.15, -0.1) is 0 Å². The molecule has 1 aromatic heterocycles. The van der Waals surface area contributed by atoms with E-state index in [-0.39, 0.29) is 11.6 Å². The van der Waals surface area contributed by atoms with Crippen LogP contribution in [-0.4, -0.2) is 30.1 Å². The third kappa shape index (κ3) is 4.76. The molecular weight excluding hydrogens is 356 g/mol. The van der Waals surface area contributed by atoms with Crippen molar-refractivity contribution < 1.29 is 14.3 Å². The number of amides is 1. The molecule has 2 N–H and O–H groups in total. The molecule has 0 aliphatic carbocycles. The Labute approximate surface area is 163 Å². The number of rotatable bonds is 7. The number of anilines is 2. The second-order valence-corrected chi connectivity index (χ2v) is 6.08. The van der Waals surface area contributed by atoms with Gasteiger partial charge in [0, 0.05) is 18.3 Å². The summed E-state index contributed by atoms with van der Waals surface area (Å²) in [7, 11) is 3.16. The molecule has 0 atom stereocenters. The highest BCUT2D eigenvalue weighted by molar-refractivity contribution is 5.92. The molecule has 7 heteroatoms. The van der Waals surface area contributed by atoms with Crippen LogP contribution < -0.4 is 20.1 Å². The summed E-state index contributed by atoms with van der Waals surface area (Å²) in [6.45, 7) is 2.23. The molecule has 0 unspecified atom stereocenters. The zero-order valence-electron chi connectivity index (χ0n) is 16.0. The van der Waals surface area contributed by atoms with Crippen molar-refractivity contribution in [1.29, 1.82) is 0 Å². The largest absolute Gasteiger partial charge is 0.497 e. The summed E-state index contributed by atoms with van der Waals surface area (Å²) in [5.74, 6) is 1.31. The minimum atomic E-state index is -0.269. The summed E-state index contributed by atoms with van der Waals surface area (Å²) in [5, 5.41) is 5.97. The summed E-state index contributed by atoms with van der Waals surface area (Å²) in [4.78, 5) is 21.2. The molecule has 28 heavy (non-hydrogen) atoms. The number of carbonyl (C=O) groups is 1. The van der Waals surface area contributed by atoms with Crippen LogP contribution in [-0.2, 0) is 6.54 Å². The van der Waals surface area contributed by atoms with Crippen molar-refractivity contribution in [2.24, 2.45) is 0 Å². The maximum Gasteiger partial charge on any atom is 0.270 e. The van der Waals surface area contributed by atoms with E-state index >= 15 is 0 Å². The standard InChI is InChI=1S/C21H22N4O3/c1-14-11-18(20(26)22-13-15-7-5-4-6-8-15)25-21(23-14)24-17-12-16(27-2)9-10-19(17)28-3/h4-12H,13H2,1-3H3,(H,22,26)(H,23,24,25). The molecular formula is C21H22N4O3. The van der Waals surface area contributed by atoms with Crippen molar-refractivity contribution in [2.45, 2.75) is 13.5 Å². The molecule has 0 aliphatic heterocycles. The summed E-state index contributed by atoms with van der Waals surface area (Å²) < 4.78 is 10.6. The fourth-order valence-electron chi connectivity index (χ4n) is 2.64. The van der Waals surface area contributed by atoms with E-state index in [2.05, 4.69) is 20.6 Å². The van der Waals surface area contributed by atoms with E-state index in [1.165, 1.54) is 0 Å². The number of nitrogens with one attached hydrogen (secondary N) is 2. The van der Waals surface area contributed by atoms with Crippen LogP contribution in [0.25, 0.3) is 0 Å². The fourth-order valence-corrected chi connectivity index (χ4v) is 2.64. The van der Waals surface area contributed by atoms with Crippen molar-refractivity contribution in [1.82, 2.24) is 15.3 Å². The Morgan fingerprint density at radius 2 is 1.79 bits per heavy atom. The van der Waals surface area contributed by atoms with Crippen LogP contribution in [0.15, 0.2) is 54.6 Å². The van der Waals surface area contributed by atoms with Crippen LogP contribution in [0.3, 0.4) is 0 Å². The third-order valence-corrected chi connectivity index (χ3v) is 4.04. The lowest BCUT2D eigenvalue weighted by Gasteiger charge is -2.13. The molecule has 7 nitrogen and oxygen atoms in total.